The standard InChI is InChI=1S/C47H52N4O13P2/c1-54-41-23-21-40(22-24-41)36-56-43-42(55-33-37-15-5-2-6-16-37)44(57-34-38-17-7-3-8-18-38)46(63-65(52,59-29-11-25-48)60-30-12-26-49)47(45(43)58-35-39-19-9-4-10-20-39)64-66(53,61-31-13-27-50)62-32-14-28-51/h2-10,15-24,42-47H,11-14,29-36H2,1H3/t42-,43+,44-,45-,46+,47+/m0/s1. The number of ether oxygens (including phenoxy) is 5. The van der Waals surface area contributed by atoms with E-state index in [2.05, 4.69) is 0 Å². The molecule has 0 spiro atoms. The van der Waals surface area contributed by atoms with E-state index in [0.717, 1.165) is 22.3 Å². The van der Waals surface area contributed by atoms with Crippen molar-refractivity contribution in [2.75, 3.05) is 33.5 Å². The number of rotatable bonds is 29. The molecule has 4 aromatic rings. The van der Waals surface area contributed by atoms with E-state index in [1.807, 2.05) is 127 Å². The Morgan fingerprint density at radius 3 is 0.955 bits per heavy atom. The summed E-state index contributed by atoms with van der Waals surface area (Å²) in [6.45, 7) is -1.81. The van der Waals surface area contributed by atoms with Crippen LogP contribution in [0.25, 0.3) is 0 Å². The third-order valence-electron chi connectivity index (χ3n) is 9.75. The maximum absolute atomic E-state index is 14.9. The van der Waals surface area contributed by atoms with Crippen LogP contribution in [0.5, 0.6) is 5.75 Å². The van der Waals surface area contributed by atoms with Crippen molar-refractivity contribution in [2.45, 2.75) is 88.7 Å². The summed E-state index contributed by atoms with van der Waals surface area (Å²) in [5.41, 5.74) is 2.94. The highest BCUT2D eigenvalue weighted by Gasteiger charge is 2.59. The average molecular weight is 943 g/mol. The van der Waals surface area contributed by atoms with Crippen LogP contribution < -0.4 is 4.74 Å². The number of methoxy groups -OCH3 is 1. The third kappa shape index (κ3) is 16.5. The lowest BCUT2D eigenvalue weighted by Crippen LogP contribution is -2.67. The molecule has 4 aromatic carbocycles. The van der Waals surface area contributed by atoms with E-state index in [1.54, 1.807) is 19.2 Å². The van der Waals surface area contributed by atoms with Gasteiger partial charge in [0.05, 0.1) is 110 Å². The van der Waals surface area contributed by atoms with Gasteiger partial charge < -0.3 is 23.7 Å². The van der Waals surface area contributed by atoms with Gasteiger partial charge >= 0.3 is 15.6 Å². The first kappa shape index (κ1) is 51.7. The molecule has 0 saturated heterocycles. The lowest BCUT2D eigenvalue weighted by Gasteiger charge is -2.50. The maximum atomic E-state index is 14.9. The lowest BCUT2D eigenvalue weighted by molar-refractivity contribution is -0.269. The zero-order valence-electron chi connectivity index (χ0n) is 36.4. The minimum Gasteiger partial charge on any atom is -0.497 e. The van der Waals surface area contributed by atoms with Crippen molar-refractivity contribution in [1.29, 1.82) is 21.0 Å². The first-order chi connectivity index (χ1) is 32.2. The summed E-state index contributed by atoms with van der Waals surface area (Å²) in [6, 6.07) is 42.5. The first-order valence-electron chi connectivity index (χ1n) is 21.1. The highest BCUT2D eigenvalue weighted by atomic mass is 31.2. The molecule has 0 amide bonds. The highest BCUT2D eigenvalue weighted by Crippen LogP contribution is 2.57. The fourth-order valence-electron chi connectivity index (χ4n) is 6.64. The van der Waals surface area contributed by atoms with E-state index in [0.29, 0.717) is 5.75 Å². The van der Waals surface area contributed by atoms with Gasteiger partial charge in [-0.2, -0.15) is 21.0 Å². The van der Waals surface area contributed by atoms with E-state index in [9.17, 15) is 30.2 Å². The summed E-state index contributed by atoms with van der Waals surface area (Å²) in [5.74, 6) is 0.620. The van der Waals surface area contributed by atoms with E-state index in [1.165, 1.54) is 0 Å². The molecule has 0 radical (unpaired) electrons. The zero-order valence-corrected chi connectivity index (χ0v) is 38.2. The molecule has 0 unspecified atom stereocenters. The molecular weight excluding hydrogens is 890 g/mol. The van der Waals surface area contributed by atoms with Crippen molar-refractivity contribution in [1.82, 2.24) is 0 Å². The highest BCUT2D eigenvalue weighted by molar-refractivity contribution is 7.48. The second-order valence-corrected chi connectivity index (χ2v) is 17.7. The molecule has 5 rings (SSSR count). The third-order valence-corrected chi connectivity index (χ3v) is 12.8. The van der Waals surface area contributed by atoms with Crippen molar-refractivity contribution in [3.8, 4) is 30.0 Å². The minimum absolute atomic E-state index is 0.00474. The predicted molar refractivity (Wildman–Crippen MR) is 236 cm³/mol. The van der Waals surface area contributed by atoms with Gasteiger partial charge in [0.15, 0.2) is 0 Å². The van der Waals surface area contributed by atoms with Gasteiger partial charge in [-0.3, -0.25) is 27.1 Å². The minimum atomic E-state index is -4.82. The molecule has 66 heavy (non-hydrogen) atoms. The van der Waals surface area contributed by atoms with E-state index in [-0.39, 0.29) is 52.1 Å². The maximum Gasteiger partial charge on any atom is 0.475 e. The predicted octanol–water partition coefficient (Wildman–Crippen LogP) is 9.06. The van der Waals surface area contributed by atoms with Gasteiger partial charge in [-0.15, -0.1) is 0 Å². The van der Waals surface area contributed by atoms with Crippen molar-refractivity contribution >= 4 is 15.6 Å². The molecule has 1 aliphatic carbocycles. The summed E-state index contributed by atoms with van der Waals surface area (Å²) in [4.78, 5) is 0. The van der Waals surface area contributed by atoms with Crippen LogP contribution in [0.15, 0.2) is 115 Å². The van der Waals surface area contributed by atoms with Crippen LogP contribution in [0.3, 0.4) is 0 Å². The second-order valence-electron chi connectivity index (χ2n) is 14.4. The van der Waals surface area contributed by atoms with Crippen LogP contribution in [0.2, 0.25) is 0 Å². The van der Waals surface area contributed by atoms with Gasteiger partial charge in [0.2, 0.25) is 0 Å². The van der Waals surface area contributed by atoms with Gasteiger partial charge in [0.1, 0.15) is 42.4 Å². The first-order valence-corrected chi connectivity index (χ1v) is 24.0. The molecule has 0 N–H and O–H groups in total. The summed E-state index contributed by atoms with van der Waals surface area (Å²) in [5, 5.41) is 37.6. The van der Waals surface area contributed by atoms with Gasteiger partial charge in [0.25, 0.3) is 0 Å². The molecule has 17 nitrogen and oxygen atoms in total. The van der Waals surface area contributed by atoms with Gasteiger partial charge in [-0.05, 0) is 34.4 Å². The smallest absolute Gasteiger partial charge is 0.475 e. The molecule has 0 heterocycles. The Bertz CT molecular complexity index is 2260. The van der Waals surface area contributed by atoms with Crippen LogP contribution in [-0.2, 0) is 81.6 Å². The van der Waals surface area contributed by atoms with Crippen molar-refractivity contribution in [3.63, 3.8) is 0 Å². The number of hydrogen-bond donors (Lipinski definition) is 0. The number of benzene rings is 4. The molecule has 0 bridgehead atoms. The topological polar surface area (TPSA) is 231 Å². The normalized spacial score (nSPS) is 19.5. The SMILES string of the molecule is COc1ccc(CO[C@@H]2[C@H](OCc3ccccc3)[C@H](OCc3ccccc3)[C@@H](OP(=O)(OCCC#N)OCCC#N)[C@H](OP(=O)(OCCC#N)OCCC#N)[C@H]2OCc2ccccc2)cc1. The number of hydrogen-bond acceptors (Lipinski definition) is 17. The fraction of sp³-hybridized carbons (Fsp3) is 0.404. The van der Waals surface area contributed by atoms with E-state index in [4.69, 9.17) is 50.8 Å². The molecule has 348 valence electrons. The van der Waals surface area contributed by atoms with Crippen molar-refractivity contribution in [2.24, 2.45) is 0 Å². The van der Waals surface area contributed by atoms with Crippen LogP contribution in [0, 0.1) is 45.3 Å². The van der Waals surface area contributed by atoms with Crippen molar-refractivity contribution < 1.29 is 60.0 Å². The average Bonchev–Trinajstić information content (AvgIpc) is 3.34. The Morgan fingerprint density at radius 1 is 0.409 bits per heavy atom. The van der Waals surface area contributed by atoms with E-state index < -0.39 is 78.7 Å². The molecule has 0 aliphatic heterocycles. The molecule has 1 fully saturated rings. The quantitative estimate of drug-likeness (QED) is 0.0365. The number of phosphoric acid groups is 2. The summed E-state index contributed by atoms with van der Waals surface area (Å²) < 4.78 is 98.0. The summed E-state index contributed by atoms with van der Waals surface area (Å²) >= 11 is 0. The summed E-state index contributed by atoms with van der Waals surface area (Å²) in [6.07, 6.45) is -9.32. The van der Waals surface area contributed by atoms with E-state index >= 15 is 0 Å². The van der Waals surface area contributed by atoms with Gasteiger partial charge in [-0.1, -0.05) is 103 Å². The fourth-order valence-corrected chi connectivity index (χ4v) is 9.37. The van der Waals surface area contributed by atoms with Crippen molar-refractivity contribution in [3.05, 3.63) is 138 Å². The molecule has 1 aliphatic rings. The van der Waals surface area contributed by atoms with Crippen LogP contribution in [0.4, 0.5) is 0 Å². The zero-order chi connectivity index (χ0) is 46.9. The molecular formula is C47H52N4O13P2. The van der Waals surface area contributed by atoms with Crippen LogP contribution in [-0.4, -0.2) is 70.2 Å². The molecule has 0 aromatic heterocycles. The molecule has 1 saturated carbocycles. The Hall–Kier alpha value is -5.30. The van der Waals surface area contributed by atoms with Gasteiger partial charge in [0, 0.05) is 0 Å². The Labute approximate surface area is 385 Å². The Morgan fingerprint density at radius 2 is 0.682 bits per heavy atom. The largest absolute Gasteiger partial charge is 0.497 e. The number of phosphoric ester groups is 2. The second kappa shape index (κ2) is 28.0. The van der Waals surface area contributed by atoms with Crippen LogP contribution in [0.1, 0.15) is 47.9 Å². The Balaban J connectivity index is 1.74. The van der Waals surface area contributed by atoms with Crippen LogP contribution >= 0.6 is 15.6 Å². The lowest BCUT2D eigenvalue weighted by atomic mass is 9.84. The Kier molecular flexibility index (Phi) is 21.9. The summed E-state index contributed by atoms with van der Waals surface area (Å²) in [7, 11) is -8.08. The number of nitrogens with zero attached hydrogens (tertiary/aromatic N) is 4. The van der Waals surface area contributed by atoms with Gasteiger partial charge in [-0.25, -0.2) is 9.13 Å². The monoisotopic (exact) mass is 942 g/mol. The molecule has 6 atom stereocenters. The molecule has 19 heteroatoms. The number of nitriles is 4.